The van der Waals surface area contributed by atoms with Crippen LogP contribution in [0.2, 0.25) is 0 Å². The molecule has 3 aromatic heterocycles. The smallest absolute Gasteiger partial charge is 0.259 e. The summed E-state index contributed by atoms with van der Waals surface area (Å²) in [5.41, 5.74) is 4.70. The van der Waals surface area contributed by atoms with Crippen molar-refractivity contribution in [1.82, 2.24) is 25.5 Å². The van der Waals surface area contributed by atoms with Gasteiger partial charge in [-0.05, 0) is 19.1 Å². The molecular weight excluding hydrogens is 424 g/mol. The van der Waals surface area contributed by atoms with Crippen molar-refractivity contribution >= 4 is 45.7 Å². The van der Waals surface area contributed by atoms with Crippen molar-refractivity contribution < 1.29 is 9.53 Å². The number of halogens is 1. The maximum atomic E-state index is 13.1. The molecule has 4 aromatic rings. The number of carbonyl (C=O) groups is 1. The average Bonchev–Trinajstić information content (AvgIpc) is 3.42. The fourth-order valence-electron chi connectivity index (χ4n) is 3.49. The molecule has 5 rings (SSSR count). The van der Waals surface area contributed by atoms with Gasteiger partial charge in [-0.3, -0.25) is 20.2 Å². The molecule has 0 bridgehead atoms. The molecule has 0 saturated heterocycles. The summed E-state index contributed by atoms with van der Waals surface area (Å²) in [6.45, 7) is 3.43. The minimum atomic E-state index is -0.248. The van der Waals surface area contributed by atoms with Crippen LogP contribution in [-0.2, 0) is 13.1 Å². The molecule has 0 saturated carbocycles. The predicted molar refractivity (Wildman–Crippen MR) is 118 cm³/mol. The van der Waals surface area contributed by atoms with Gasteiger partial charge in [-0.15, -0.1) is 23.7 Å². The molecule has 0 radical (unpaired) electrons. The van der Waals surface area contributed by atoms with Crippen LogP contribution < -0.4 is 15.4 Å². The second kappa shape index (κ2) is 8.02. The summed E-state index contributed by atoms with van der Waals surface area (Å²) in [5, 5.41) is 14.7. The molecule has 1 amide bonds. The van der Waals surface area contributed by atoms with E-state index in [-0.39, 0.29) is 18.3 Å². The molecule has 0 fully saturated rings. The fraction of sp³-hybridized carbons (Fsp3) is 0.200. The van der Waals surface area contributed by atoms with E-state index in [1.54, 1.807) is 19.5 Å². The summed E-state index contributed by atoms with van der Waals surface area (Å²) in [6.07, 6.45) is 3.35. The molecular formula is C20H19ClN6O2S. The van der Waals surface area contributed by atoms with E-state index in [4.69, 9.17) is 4.74 Å². The second-order valence-corrected chi connectivity index (χ2v) is 7.91. The van der Waals surface area contributed by atoms with Crippen LogP contribution >= 0.6 is 23.7 Å². The lowest BCUT2D eigenvalue weighted by atomic mass is 9.98. The highest BCUT2D eigenvalue weighted by Gasteiger charge is 2.21. The number of methoxy groups -OCH3 is 1. The second-order valence-electron chi connectivity index (χ2n) is 6.83. The summed E-state index contributed by atoms with van der Waals surface area (Å²) in [6, 6.07) is 5.74. The normalized spacial score (nSPS) is 12.5. The lowest BCUT2D eigenvalue weighted by Crippen LogP contribution is -2.14. The minimum absolute atomic E-state index is 0. The number of anilines is 1. The van der Waals surface area contributed by atoms with Crippen molar-refractivity contribution in [2.45, 2.75) is 20.0 Å². The molecule has 0 spiro atoms. The van der Waals surface area contributed by atoms with E-state index in [9.17, 15) is 4.79 Å². The van der Waals surface area contributed by atoms with E-state index in [0.717, 1.165) is 51.4 Å². The number of aromatic nitrogens is 4. The quantitative estimate of drug-likeness (QED) is 0.445. The van der Waals surface area contributed by atoms with Crippen molar-refractivity contribution in [2.24, 2.45) is 0 Å². The first-order valence-corrected chi connectivity index (χ1v) is 9.93. The van der Waals surface area contributed by atoms with Crippen LogP contribution in [0.5, 0.6) is 5.75 Å². The van der Waals surface area contributed by atoms with Gasteiger partial charge >= 0.3 is 0 Å². The maximum Gasteiger partial charge on any atom is 0.259 e. The number of aromatic amines is 1. The SMILES string of the molecule is COc1cc2[nH]ncc2cc1-c1cc(C)ncc1C(=O)Nc1nc2c(s1)CNC2.Cl. The zero-order chi connectivity index (χ0) is 20.0. The zero-order valence-corrected chi connectivity index (χ0v) is 17.9. The maximum absolute atomic E-state index is 13.1. The van der Waals surface area contributed by atoms with E-state index in [1.807, 2.05) is 25.1 Å². The zero-order valence-electron chi connectivity index (χ0n) is 16.3. The molecule has 0 aliphatic carbocycles. The van der Waals surface area contributed by atoms with E-state index in [1.165, 1.54) is 11.3 Å². The van der Waals surface area contributed by atoms with Crippen molar-refractivity contribution in [1.29, 1.82) is 0 Å². The lowest BCUT2D eigenvalue weighted by molar-refractivity contribution is 0.102. The predicted octanol–water partition coefficient (Wildman–Crippen LogP) is 3.68. The Hall–Kier alpha value is -3.01. The Morgan fingerprint density at radius 2 is 2.07 bits per heavy atom. The Bertz CT molecular complexity index is 1230. The first-order valence-electron chi connectivity index (χ1n) is 9.11. The van der Waals surface area contributed by atoms with Crippen molar-refractivity contribution in [3.05, 3.63) is 52.4 Å². The van der Waals surface area contributed by atoms with Crippen molar-refractivity contribution in [3.63, 3.8) is 0 Å². The van der Waals surface area contributed by atoms with Crippen LogP contribution in [-0.4, -0.2) is 33.2 Å². The van der Waals surface area contributed by atoms with Gasteiger partial charge in [-0.25, -0.2) is 4.98 Å². The number of carbonyl (C=O) groups excluding carboxylic acids is 1. The van der Waals surface area contributed by atoms with Crippen LogP contribution in [0.25, 0.3) is 22.0 Å². The summed E-state index contributed by atoms with van der Waals surface area (Å²) < 4.78 is 5.59. The molecule has 1 aromatic carbocycles. The highest BCUT2D eigenvalue weighted by atomic mass is 35.5. The van der Waals surface area contributed by atoms with Crippen LogP contribution in [0, 0.1) is 6.92 Å². The Morgan fingerprint density at radius 1 is 1.20 bits per heavy atom. The molecule has 4 heterocycles. The Kier molecular flexibility index (Phi) is 5.42. The van der Waals surface area contributed by atoms with Crippen molar-refractivity contribution in [3.8, 4) is 16.9 Å². The molecule has 1 aliphatic rings. The standard InChI is InChI=1S/C20H18N6O2S.ClH/c1-10-3-12(13-4-11-6-23-26-15(11)5-17(13)28-2)14(7-22-10)19(27)25-20-24-16-8-21-9-18(16)29-20;/h3-7,21H,8-9H2,1-2H3,(H,23,26)(H,24,25,27);1H. The molecule has 10 heteroatoms. The van der Waals surface area contributed by atoms with Gasteiger partial charge in [-0.2, -0.15) is 5.10 Å². The highest BCUT2D eigenvalue weighted by Crippen LogP contribution is 2.36. The summed E-state index contributed by atoms with van der Waals surface area (Å²) >= 11 is 1.50. The third-order valence-electron chi connectivity index (χ3n) is 4.91. The lowest BCUT2D eigenvalue weighted by Gasteiger charge is -2.13. The summed E-state index contributed by atoms with van der Waals surface area (Å²) in [4.78, 5) is 23.1. The number of nitrogens with zero attached hydrogens (tertiary/aromatic N) is 3. The van der Waals surface area contributed by atoms with Gasteiger partial charge < -0.3 is 10.1 Å². The Labute approximate surface area is 182 Å². The summed E-state index contributed by atoms with van der Waals surface area (Å²) in [5.74, 6) is 0.405. The van der Waals surface area contributed by atoms with Crippen LogP contribution in [0.1, 0.15) is 26.6 Å². The van der Waals surface area contributed by atoms with E-state index >= 15 is 0 Å². The number of thiazole rings is 1. The van der Waals surface area contributed by atoms with Crippen LogP contribution in [0.4, 0.5) is 5.13 Å². The number of hydrogen-bond donors (Lipinski definition) is 3. The van der Waals surface area contributed by atoms with Gasteiger partial charge in [0.05, 0.1) is 30.1 Å². The molecule has 3 N–H and O–H groups in total. The van der Waals surface area contributed by atoms with E-state index in [0.29, 0.717) is 16.4 Å². The van der Waals surface area contributed by atoms with Crippen LogP contribution in [0.15, 0.2) is 30.6 Å². The largest absolute Gasteiger partial charge is 0.496 e. The number of aryl methyl sites for hydroxylation is 1. The molecule has 30 heavy (non-hydrogen) atoms. The van der Waals surface area contributed by atoms with Gasteiger partial charge in [0.1, 0.15) is 5.75 Å². The number of nitrogens with one attached hydrogen (secondary N) is 3. The van der Waals surface area contributed by atoms with Crippen LogP contribution in [0.3, 0.4) is 0 Å². The van der Waals surface area contributed by atoms with Crippen molar-refractivity contribution in [2.75, 3.05) is 12.4 Å². The van der Waals surface area contributed by atoms with Gasteiger partial charge in [0.15, 0.2) is 5.13 Å². The molecule has 8 nitrogen and oxygen atoms in total. The topological polar surface area (TPSA) is 105 Å². The fourth-order valence-corrected chi connectivity index (χ4v) is 4.43. The molecule has 0 atom stereocenters. The minimum Gasteiger partial charge on any atom is -0.496 e. The number of benzene rings is 1. The molecule has 0 unspecified atom stereocenters. The third-order valence-corrected chi connectivity index (χ3v) is 5.93. The number of fused-ring (bicyclic) bond motifs is 2. The summed E-state index contributed by atoms with van der Waals surface area (Å²) in [7, 11) is 1.61. The van der Waals surface area contributed by atoms with Gasteiger partial charge in [-0.1, -0.05) is 0 Å². The number of ether oxygens (including phenoxy) is 1. The monoisotopic (exact) mass is 442 g/mol. The third kappa shape index (κ3) is 3.51. The first kappa shape index (κ1) is 20.3. The van der Waals surface area contributed by atoms with E-state index < -0.39 is 0 Å². The average molecular weight is 443 g/mol. The number of rotatable bonds is 4. The number of amides is 1. The van der Waals surface area contributed by atoms with Gasteiger partial charge in [0.2, 0.25) is 0 Å². The number of H-pyrrole nitrogens is 1. The Balaban J connectivity index is 0.00000218. The first-order chi connectivity index (χ1) is 14.1. The van der Waals surface area contributed by atoms with E-state index in [2.05, 4.69) is 30.8 Å². The van der Waals surface area contributed by atoms with Gasteiger partial charge in [0, 0.05) is 52.4 Å². The van der Waals surface area contributed by atoms with Gasteiger partial charge in [0.25, 0.3) is 5.91 Å². The number of pyridine rings is 1. The molecule has 1 aliphatic heterocycles. The Morgan fingerprint density at radius 3 is 2.87 bits per heavy atom. The number of hydrogen-bond acceptors (Lipinski definition) is 7. The molecule has 154 valence electrons. The highest BCUT2D eigenvalue weighted by molar-refractivity contribution is 7.15.